The number of rotatable bonds is 4. The third-order valence-corrected chi connectivity index (χ3v) is 1.13. The molecule has 0 aromatic rings. The van der Waals surface area contributed by atoms with Gasteiger partial charge in [-0.1, -0.05) is 0 Å². The molecule has 0 saturated carbocycles. The van der Waals surface area contributed by atoms with Gasteiger partial charge >= 0.3 is 0 Å². The van der Waals surface area contributed by atoms with Crippen molar-refractivity contribution in [2.45, 2.75) is 19.9 Å². The van der Waals surface area contributed by atoms with Crippen molar-refractivity contribution >= 4 is 5.91 Å². The van der Waals surface area contributed by atoms with Gasteiger partial charge in [0.15, 0.2) is 0 Å². The highest BCUT2D eigenvalue weighted by Gasteiger charge is 2.05. The number of hydrogen-bond acceptors (Lipinski definition) is 3. The highest BCUT2D eigenvalue weighted by atomic mass is 16.7. The topological polar surface area (TPSA) is 41.6 Å². The van der Waals surface area contributed by atoms with Crippen LogP contribution in [-0.2, 0) is 9.63 Å². The Balaban J connectivity index is 3.52. The lowest BCUT2D eigenvalue weighted by Gasteiger charge is -2.14. The normalized spacial score (nSPS) is 10.7. The summed E-state index contributed by atoms with van der Waals surface area (Å²) in [5.74, 6) is -0.0237. The van der Waals surface area contributed by atoms with Crippen LogP contribution in [0.2, 0.25) is 0 Å². The number of nitrogens with one attached hydrogen (secondary N) is 1. The molecule has 0 radical (unpaired) electrons. The number of carbonyl (C=O) groups excluding carboxylic acids is 1. The molecule has 0 aromatic carbocycles. The van der Waals surface area contributed by atoms with Crippen molar-refractivity contribution in [3.05, 3.63) is 0 Å². The minimum Gasteiger partial charge on any atom is -0.353 e. The second-order valence-electron chi connectivity index (χ2n) is 2.69. The van der Waals surface area contributed by atoms with Gasteiger partial charge < -0.3 is 10.2 Å². The Labute approximate surface area is 67.5 Å². The quantitative estimate of drug-likeness (QED) is 0.589. The van der Waals surface area contributed by atoms with E-state index in [1.54, 1.807) is 7.05 Å². The SMILES string of the molecule is CON(C)CC(=O)NC(C)C. The Bertz CT molecular complexity index is 126. The zero-order chi connectivity index (χ0) is 8.85. The molecule has 4 heteroatoms. The summed E-state index contributed by atoms with van der Waals surface area (Å²) in [7, 11) is 3.24. The Morgan fingerprint density at radius 2 is 2.18 bits per heavy atom. The van der Waals surface area contributed by atoms with E-state index in [-0.39, 0.29) is 18.5 Å². The fraction of sp³-hybridized carbons (Fsp3) is 0.857. The highest BCUT2D eigenvalue weighted by Crippen LogP contribution is 1.82. The Morgan fingerprint density at radius 3 is 2.55 bits per heavy atom. The molecule has 0 fully saturated rings. The lowest BCUT2D eigenvalue weighted by molar-refractivity contribution is -0.142. The van der Waals surface area contributed by atoms with E-state index < -0.39 is 0 Å². The van der Waals surface area contributed by atoms with Gasteiger partial charge in [0, 0.05) is 13.1 Å². The summed E-state index contributed by atoms with van der Waals surface area (Å²) in [5, 5.41) is 4.22. The van der Waals surface area contributed by atoms with Crippen LogP contribution >= 0.6 is 0 Å². The standard InChI is InChI=1S/C7H16N2O2/c1-6(2)8-7(10)5-9(3)11-4/h6H,5H2,1-4H3,(H,8,10). The molecule has 4 nitrogen and oxygen atoms in total. The fourth-order valence-corrected chi connectivity index (χ4v) is 0.634. The first-order chi connectivity index (χ1) is 5.06. The lowest BCUT2D eigenvalue weighted by atomic mass is 10.4. The molecule has 0 rings (SSSR count). The summed E-state index contributed by atoms with van der Waals surface area (Å²) in [5.41, 5.74) is 0. The van der Waals surface area contributed by atoms with Crippen molar-refractivity contribution in [2.75, 3.05) is 20.7 Å². The maximum Gasteiger partial charge on any atom is 0.236 e. The molecule has 0 unspecified atom stereocenters. The van der Waals surface area contributed by atoms with Crippen molar-refractivity contribution in [1.29, 1.82) is 0 Å². The van der Waals surface area contributed by atoms with Crippen LogP contribution in [0.1, 0.15) is 13.8 Å². The Kier molecular flexibility index (Phi) is 4.81. The van der Waals surface area contributed by atoms with Gasteiger partial charge in [0.1, 0.15) is 6.54 Å². The largest absolute Gasteiger partial charge is 0.353 e. The van der Waals surface area contributed by atoms with E-state index in [9.17, 15) is 4.79 Å². The van der Waals surface area contributed by atoms with E-state index in [2.05, 4.69) is 5.32 Å². The molecular weight excluding hydrogens is 144 g/mol. The first-order valence-electron chi connectivity index (χ1n) is 3.61. The number of hydrogen-bond donors (Lipinski definition) is 1. The third-order valence-electron chi connectivity index (χ3n) is 1.13. The van der Waals surface area contributed by atoms with Crippen molar-refractivity contribution in [1.82, 2.24) is 10.4 Å². The van der Waals surface area contributed by atoms with Gasteiger partial charge in [-0.3, -0.25) is 4.79 Å². The van der Waals surface area contributed by atoms with E-state index in [1.807, 2.05) is 13.8 Å². The van der Waals surface area contributed by atoms with E-state index in [0.717, 1.165) is 0 Å². The van der Waals surface area contributed by atoms with Crippen LogP contribution in [0.5, 0.6) is 0 Å². The molecule has 0 bridgehead atoms. The average molecular weight is 160 g/mol. The molecule has 0 saturated heterocycles. The fourth-order valence-electron chi connectivity index (χ4n) is 0.634. The van der Waals surface area contributed by atoms with Crippen LogP contribution in [0.4, 0.5) is 0 Å². The molecule has 1 N–H and O–H groups in total. The molecule has 66 valence electrons. The van der Waals surface area contributed by atoms with E-state index >= 15 is 0 Å². The molecule has 0 spiro atoms. The van der Waals surface area contributed by atoms with Crippen LogP contribution in [0.15, 0.2) is 0 Å². The summed E-state index contributed by atoms with van der Waals surface area (Å²) in [4.78, 5) is 15.8. The summed E-state index contributed by atoms with van der Waals surface area (Å²) in [6, 6.07) is 0.188. The van der Waals surface area contributed by atoms with Gasteiger partial charge in [0.25, 0.3) is 0 Å². The minimum atomic E-state index is -0.0237. The summed E-state index contributed by atoms with van der Waals surface area (Å²) in [6.07, 6.45) is 0. The highest BCUT2D eigenvalue weighted by molar-refractivity contribution is 5.78. The third kappa shape index (κ3) is 5.82. The van der Waals surface area contributed by atoms with Crippen molar-refractivity contribution < 1.29 is 9.63 Å². The van der Waals surface area contributed by atoms with Gasteiger partial charge in [-0.15, -0.1) is 0 Å². The molecule has 1 amide bonds. The summed E-state index contributed by atoms with van der Waals surface area (Å²) >= 11 is 0. The second-order valence-corrected chi connectivity index (χ2v) is 2.69. The zero-order valence-corrected chi connectivity index (χ0v) is 7.55. The molecule has 0 heterocycles. The maximum atomic E-state index is 11.0. The molecule has 0 aliphatic carbocycles. The zero-order valence-electron chi connectivity index (χ0n) is 7.55. The summed E-state index contributed by atoms with van der Waals surface area (Å²) < 4.78 is 0. The minimum absolute atomic E-state index is 0.0237. The Morgan fingerprint density at radius 1 is 1.64 bits per heavy atom. The first-order valence-corrected chi connectivity index (χ1v) is 3.61. The molecule has 0 atom stereocenters. The van der Waals surface area contributed by atoms with Gasteiger partial charge in [0.05, 0.1) is 7.11 Å². The van der Waals surface area contributed by atoms with Crippen molar-refractivity contribution in [3.8, 4) is 0 Å². The van der Waals surface area contributed by atoms with Gasteiger partial charge in [-0.05, 0) is 13.8 Å². The molecular formula is C7H16N2O2. The number of hydroxylamine groups is 2. The van der Waals surface area contributed by atoms with Crippen molar-refractivity contribution in [2.24, 2.45) is 0 Å². The van der Waals surface area contributed by atoms with E-state index in [0.29, 0.717) is 0 Å². The number of nitrogens with zero attached hydrogens (tertiary/aromatic N) is 1. The predicted octanol–water partition coefficient (Wildman–Crippen LogP) is 0.00420. The first kappa shape index (κ1) is 10.4. The predicted molar refractivity (Wildman–Crippen MR) is 42.9 cm³/mol. The van der Waals surface area contributed by atoms with Crippen LogP contribution in [-0.4, -0.2) is 37.7 Å². The van der Waals surface area contributed by atoms with E-state index in [4.69, 9.17) is 4.84 Å². The number of amides is 1. The van der Waals surface area contributed by atoms with Crippen LogP contribution in [0, 0.1) is 0 Å². The maximum absolute atomic E-state index is 11.0. The number of carbonyl (C=O) groups is 1. The van der Waals surface area contributed by atoms with Crippen LogP contribution < -0.4 is 5.32 Å². The van der Waals surface area contributed by atoms with Gasteiger partial charge in [-0.2, -0.15) is 5.06 Å². The molecule has 0 aromatic heterocycles. The van der Waals surface area contributed by atoms with Crippen LogP contribution in [0.3, 0.4) is 0 Å². The van der Waals surface area contributed by atoms with Gasteiger partial charge in [0.2, 0.25) is 5.91 Å². The average Bonchev–Trinajstić information content (AvgIpc) is 1.85. The monoisotopic (exact) mass is 160 g/mol. The smallest absolute Gasteiger partial charge is 0.236 e. The molecule has 0 aliphatic heterocycles. The second kappa shape index (κ2) is 5.09. The van der Waals surface area contributed by atoms with Crippen LogP contribution in [0.25, 0.3) is 0 Å². The Hall–Kier alpha value is -0.610. The number of likely N-dealkylation sites (N-methyl/N-ethyl adjacent to an activating group) is 1. The van der Waals surface area contributed by atoms with E-state index in [1.165, 1.54) is 12.2 Å². The molecule has 11 heavy (non-hydrogen) atoms. The van der Waals surface area contributed by atoms with Gasteiger partial charge in [-0.25, -0.2) is 0 Å². The summed E-state index contributed by atoms with van der Waals surface area (Å²) in [6.45, 7) is 4.12. The van der Waals surface area contributed by atoms with Crippen molar-refractivity contribution in [3.63, 3.8) is 0 Å². The lowest BCUT2D eigenvalue weighted by Crippen LogP contribution is -2.38. The molecule has 0 aliphatic rings.